The first-order chi connectivity index (χ1) is 15.7. The molecule has 170 valence electrons. The van der Waals surface area contributed by atoms with Gasteiger partial charge in [0.05, 0.1) is 12.2 Å². The van der Waals surface area contributed by atoms with Gasteiger partial charge in [0.15, 0.2) is 5.65 Å². The molecule has 1 aromatic carbocycles. The van der Waals surface area contributed by atoms with Crippen LogP contribution in [0.25, 0.3) is 11.7 Å². The fraction of sp³-hybridized carbons (Fsp3) is 0.211. The maximum absolute atomic E-state index is 12.3. The van der Waals surface area contributed by atoms with Crippen molar-refractivity contribution >= 4 is 11.7 Å². The molecule has 1 saturated carbocycles. The van der Waals surface area contributed by atoms with E-state index in [-0.39, 0.29) is 40.6 Å². The predicted molar refractivity (Wildman–Crippen MR) is 104 cm³/mol. The van der Waals surface area contributed by atoms with E-state index in [1.807, 2.05) is 0 Å². The summed E-state index contributed by atoms with van der Waals surface area (Å²) >= 11 is 0. The van der Waals surface area contributed by atoms with E-state index in [2.05, 4.69) is 34.8 Å². The molecule has 0 radical (unpaired) electrons. The van der Waals surface area contributed by atoms with E-state index in [1.165, 1.54) is 28.9 Å². The number of nitrogens with one attached hydrogen (secondary N) is 2. The average molecular weight is 461 g/mol. The van der Waals surface area contributed by atoms with E-state index in [1.54, 1.807) is 0 Å². The van der Waals surface area contributed by atoms with Gasteiger partial charge in [0, 0.05) is 5.22 Å². The summed E-state index contributed by atoms with van der Waals surface area (Å²) < 4.78 is 47.9. The molecule has 0 atom stereocenters. The molecule has 0 bridgehead atoms. The largest absolute Gasteiger partial charge is 0.573 e. The van der Waals surface area contributed by atoms with Gasteiger partial charge in [-0.05, 0) is 43.2 Å². The second-order valence-corrected chi connectivity index (χ2v) is 7.11. The van der Waals surface area contributed by atoms with Gasteiger partial charge >= 0.3 is 18.1 Å². The number of halogens is 3. The van der Waals surface area contributed by atoms with Crippen molar-refractivity contribution in [2.75, 3.05) is 0 Å². The molecule has 0 spiro atoms. The molecule has 3 aromatic heterocycles. The van der Waals surface area contributed by atoms with Crippen LogP contribution in [0.15, 0.2) is 40.2 Å². The zero-order valence-corrected chi connectivity index (χ0v) is 16.5. The van der Waals surface area contributed by atoms with Crippen molar-refractivity contribution in [3.63, 3.8) is 0 Å². The quantitative estimate of drug-likeness (QED) is 0.405. The number of fused-ring (bicyclic) bond motifs is 1. The second-order valence-electron chi connectivity index (χ2n) is 7.11. The number of hydrogen-bond acceptors (Lipinski definition) is 8. The van der Waals surface area contributed by atoms with Crippen LogP contribution in [0, 0.1) is 0 Å². The van der Waals surface area contributed by atoms with Crippen molar-refractivity contribution in [3.8, 4) is 23.4 Å². The molecular formula is C19H14F3N7O4. The molecule has 33 heavy (non-hydrogen) atoms. The van der Waals surface area contributed by atoms with Crippen molar-refractivity contribution in [1.82, 2.24) is 29.5 Å². The highest BCUT2D eigenvalue weighted by Crippen LogP contribution is 2.26. The molecular weight excluding hydrogens is 447 g/mol. The summed E-state index contributed by atoms with van der Waals surface area (Å²) in [6, 6.07) is 4.72. The van der Waals surface area contributed by atoms with E-state index in [4.69, 9.17) is 4.74 Å². The summed E-state index contributed by atoms with van der Waals surface area (Å²) in [6.07, 6.45) is -0.0881. The van der Waals surface area contributed by atoms with Gasteiger partial charge in [-0.15, -0.1) is 13.2 Å². The molecule has 14 heteroatoms. The van der Waals surface area contributed by atoms with E-state index < -0.39 is 17.8 Å². The summed E-state index contributed by atoms with van der Waals surface area (Å²) in [6.45, 7) is 0. The minimum absolute atomic E-state index is 0.0939. The Hall–Kier alpha value is -4.36. The lowest BCUT2D eigenvalue weighted by molar-refractivity contribution is -0.274. The minimum atomic E-state index is -4.80. The van der Waals surface area contributed by atoms with Crippen LogP contribution in [0.2, 0.25) is 0 Å². The van der Waals surface area contributed by atoms with E-state index in [0.29, 0.717) is 5.22 Å². The Bertz CT molecular complexity index is 1500. The van der Waals surface area contributed by atoms with Gasteiger partial charge < -0.3 is 19.6 Å². The number of imidazole rings is 1. The number of rotatable bonds is 5. The lowest BCUT2D eigenvalue weighted by atomic mass is 10.3. The Morgan fingerprint density at radius 2 is 1.88 bits per heavy atom. The highest BCUT2D eigenvalue weighted by atomic mass is 19.4. The van der Waals surface area contributed by atoms with Gasteiger partial charge in [-0.2, -0.15) is 19.6 Å². The number of aromatic amines is 2. The van der Waals surface area contributed by atoms with Gasteiger partial charge in [-0.3, -0.25) is 4.98 Å². The molecule has 0 amide bonds. The van der Waals surface area contributed by atoms with E-state index in [0.717, 1.165) is 25.0 Å². The molecule has 1 fully saturated rings. The number of aromatic nitrogens is 6. The second kappa shape index (κ2) is 7.65. The van der Waals surface area contributed by atoms with Gasteiger partial charge in [-0.1, -0.05) is 0 Å². The van der Waals surface area contributed by atoms with Crippen LogP contribution in [0.3, 0.4) is 0 Å². The molecule has 4 aromatic rings. The molecule has 3 heterocycles. The van der Waals surface area contributed by atoms with Crippen LogP contribution in [0.4, 0.5) is 13.2 Å². The number of alkyl halides is 3. The fourth-order valence-electron chi connectivity index (χ4n) is 2.92. The Morgan fingerprint density at radius 1 is 1.15 bits per heavy atom. The molecule has 1 aliphatic carbocycles. The third kappa shape index (κ3) is 4.63. The average Bonchev–Trinajstić information content (AvgIpc) is 3.37. The highest BCUT2D eigenvalue weighted by Gasteiger charge is 2.31. The number of H-pyrrole nitrogens is 2. The maximum atomic E-state index is 12.3. The van der Waals surface area contributed by atoms with Gasteiger partial charge in [0.25, 0.3) is 5.62 Å². The summed E-state index contributed by atoms with van der Waals surface area (Å²) in [5.41, 5.74) is 0.0343. The Kier molecular flexibility index (Phi) is 4.76. The number of aromatic hydroxyl groups is 1. The normalized spacial score (nSPS) is 15.4. The molecule has 1 aliphatic rings. The lowest BCUT2D eigenvalue weighted by Gasteiger charge is -2.09. The van der Waals surface area contributed by atoms with Crippen LogP contribution in [-0.2, 0) is 0 Å². The van der Waals surface area contributed by atoms with Crippen LogP contribution in [-0.4, -0.2) is 47.1 Å². The predicted octanol–water partition coefficient (Wildman–Crippen LogP) is 1.15. The Morgan fingerprint density at radius 3 is 2.52 bits per heavy atom. The third-order valence-corrected chi connectivity index (χ3v) is 4.50. The lowest BCUT2D eigenvalue weighted by Crippen LogP contribution is -2.23. The number of nitrogens with zero attached hydrogens (tertiary/aromatic N) is 5. The summed E-state index contributed by atoms with van der Waals surface area (Å²) in [5.74, 6) is -0.582. The van der Waals surface area contributed by atoms with E-state index in [9.17, 15) is 23.1 Å². The Labute approximate surface area is 180 Å². The van der Waals surface area contributed by atoms with Crippen LogP contribution in [0.5, 0.6) is 23.4 Å². The SMILES string of the molecule is O=c1[nH]c(O)c(/C=c2\cnn3c(=NC4CC4)nc(Oc4ccc(OC(F)(F)F)cc4)nc23)[nH]1. The van der Waals surface area contributed by atoms with Crippen molar-refractivity contribution in [2.24, 2.45) is 4.99 Å². The smallest absolute Gasteiger partial charge is 0.493 e. The Balaban J connectivity index is 1.55. The molecule has 0 unspecified atom stereocenters. The first-order valence-corrected chi connectivity index (χ1v) is 9.60. The summed E-state index contributed by atoms with van der Waals surface area (Å²) in [5, 5.41) is 14.5. The fourth-order valence-corrected chi connectivity index (χ4v) is 2.92. The van der Waals surface area contributed by atoms with Crippen molar-refractivity contribution in [2.45, 2.75) is 25.2 Å². The van der Waals surface area contributed by atoms with Gasteiger partial charge in [-0.25, -0.2) is 9.79 Å². The van der Waals surface area contributed by atoms with Gasteiger partial charge in [0.1, 0.15) is 17.2 Å². The van der Waals surface area contributed by atoms with E-state index >= 15 is 0 Å². The highest BCUT2D eigenvalue weighted by molar-refractivity contribution is 5.56. The first kappa shape index (κ1) is 20.5. The van der Waals surface area contributed by atoms with Crippen LogP contribution >= 0.6 is 0 Å². The topological polar surface area (TPSA) is 143 Å². The molecule has 3 N–H and O–H groups in total. The summed E-state index contributed by atoms with van der Waals surface area (Å²) in [7, 11) is 0. The maximum Gasteiger partial charge on any atom is 0.573 e. The monoisotopic (exact) mass is 461 g/mol. The van der Waals surface area contributed by atoms with Crippen molar-refractivity contribution in [3.05, 3.63) is 57.5 Å². The number of benzene rings is 1. The zero-order chi connectivity index (χ0) is 23.2. The van der Waals surface area contributed by atoms with Crippen molar-refractivity contribution < 1.29 is 27.8 Å². The standard InChI is InChI=1S/C19H14F3N7O4/c20-19(21,22)33-12-5-3-11(4-6-12)32-18-26-14-9(7-13-15(30)27-17(31)25-13)8-23-29(14)16(28-18)24-10-1-2-10/h3-8,10,30H,1-2H2,(H2,25,27,31)/b9-7+,24-16?. The molecule has 5 rings (SSSR count). The summed E-state index contributed by atoms with van der Waals surface area (Å²) in [4.78, 5) is 29.1. The number of ether oxygens (including phenoxy) is 2. The van der Waals surface area contributed by atoms with Gasteiger partial charge in [0.2, 0.25) is 5.88 Å². The first-order valence-electron chi connectivity index (χ1n) is 9.60. The number of hydrogen-bond donors (Lipinski definition) is 3. The minimum Gasteiger partial charge on any atom is -0.493 e. The third-order valence-electron chi connectivity index (χ3n) is 4.50. The zero-order valence-electron chi connectivity index (χ0n) is 16.5. The molecule has 11 nitrogen and oxygen atoms in total. The molecule has 0 aliphatic heterocycles. The van der Waals surface area contributed by atoms with Crippen LogP contribution in [0.1, 0.15) is 18.5 Å². The van der Waals surface area contributed by atoms with Crippen molar-refractivity contribution in [1.29, 1.82) is 0 Å². The molecule has 0 saturated heterocycles. The van der Waals surface area contributed by atoms with Crippen LogP contribution < -0.4 is 26.0 Å².